The van der Waals surface area contributed by atoms with Crippen LogP contribution in [0.1, 0.15) is 30.5 Å². The monoisotopic (exact) mass is 476 g/mol. The Hall–Kier alpha value is -1.55. The van der Waals surface area contributed by atoms with Crippen LogP contribution in [0.5, 0.6) is 11.5 Å². The molecule has 0 aliphatic rings. The molecule has 6 nitrogen and oxygen atoms in total. The van der Waals surface area contributed by atoms with E-state index in [1.807, 2.05) is 18.2 Å². The van der Waals surface area contributed by atoms with Gasteiger partial charge in [0, 0.05) is 30.3 Å². The van der Waals surface area contributed by atoms with E-state index in [9.17, 15) is 0 Å². The Morgan fingerprint density at radius 2 is 2.08 bits per heavy atom. The normalized spacial score (nSPS) is 11.2. The van der Waals surface area contributed by atoms with Gasteiger partial charge in [-0.25, -0.2) is 4.98 Å². The number of methoxy groups -OCH3 is 2. The maximum atomic E-state index is 5.96. The van der Waals surface area contributed by atoms with E-state index in [0.29, 0.717) is 29.9 Å². The Morgan fingerprint density at radius 3 is 2.68 bits per heavy atom. The number of nitrogens with zero attached hydrogens (tertiary/aromatic N) is 2. The second-order valence-electron chi connectivity index (χ2n) is 5.54. The van der Waals surface area contributed by atoms with Crippen molar-refractivity contribution in [2.24, 2.45) is 10.7 Å². The third-order valence-corrected chi connectivity index (χ3v) is 4.58. The zero-order valence-corrected chi connectivity index (χ0v) is 18.1. The average Bonchev–Trinajstić information content (AvgIpc) is 3.04. The van der Waals surface area contributed by atoms with Crippen molar-refractivity contribution in [1.29, 1.82) is 0 Å². The Kier molecular flexibility index (Phi) is 8.98. The van der Waals surface area contributed by atoms with Gasteiger partial charge in [0.25, 0.3) is 0 Å². The van der Waals surface area contributed by atoms with Gasteiger partial charge in [0.1, 0.15) is 11.5 Å². The van der Waals surface area contributed by atoms with Gasteiger partial charge in [-0.1, -0.05) is 13.8 Å². The number of nitrogens with two attached hydrogens (primary N) is 1. The van der Waals surface area contributed by atoms with E-state index in [1.54, 1.807) is 25.6 Å². The minimum absolute atomic E-state index is 0. The first-order chi connectivity index (χ1) is 11.5. The van der Waals surface area contributed by atoms with Crippen LogP contribution in [0.2, 0.25) is 0 Å². The number of guanidine groups is 1. The smallest absolute Gasteiger partial charge is 0.193 e. The first-order valence-electron chi connectivity index (χ1n) is 7.76. The first-order valence-corrected chi connectivity index (χ1v) is 8.64. The molecule has 1 aromatic carbocycles. The Morgan fingerprint density at radius 1 is 1.32 bits per heavy atom. The van der Waals surface area contributed by atoms with Gasteiger partial charge in [0.15, 0.2) is 5.96 Å². The van der Waals surface area contributed by atoms with Crippen LogP contribution in [0.15, 0.2) is 28.6 Å². The Balaban J connectivity index is 0.00000312. The molecule has 0 atom stereocenters. The van der Waals surface area contributed by atoms with E-state index in [-0.39, 0.29) is 24.0 Å². The van der Waals surface area contributed by atoms with Crippen molar-refractivity contribution >= 4 is 47.0 Å². The van der Waals surface area contributed by atoms with Gasteiger partial charge < -0.3 is 20.5 Å². The van der Waals surface area contributed by atoms with Crippen molar-refractivity contribution < 1.29 is 9.47 Å². The number of hydrogen-bond acceptors (Lipinski definition) is 5. The number of hydrogen-bond donors (Lipinski definition) is 2. The molecule has 0 aliphatic carbocycles. The SMILES string of the molecule is COc1ccc(OC)c(NC(N)=NCCc2csc(C(C)C)n2)c1.I. The fraction of sp³-hybridized carbons (Fsp3) is 0.412. The number of rotatable bonds is 7. The molecule has 0 unspecified atom stereocenters. The summed E-state index contributed by atoms with van der Waals surface area (Å²) in [5.41, 5.74) is 7.73. The lowest BCUT2D eigenvalue weighted by Crippen LogP contribution is -2.23. The van der Waals surface area contributed by atoms with E-state index in [4.69, 9.17) is 15.2 Å². The molecule has 0 saturated heterocycles. The summed E-state index contributed by atoms with van der Waals surface area (Å²) < 4.78 is 10.5. The van der Waals surface area contributed by atoms with Crippen LogP contribution in [0, 0.1) is 0 Å². The molecule has 1 aromatic heterocycles. The summed E-state index contributed by atoms with van der Waals surface area (Å²) in [6.07, 6.45) is 0.765. The van der Waals surface area contributed by atoms with Crippen LogP contribution >= 0.6 is 35.3 Å². The van der Waals surface area contributed by atoms with E-state index < -0.39 is 0 Å². The number of anilines is 1. The number of halogens is 1. The van der Waals surface area contributed by atoms with Gasteiger partial charge in [0.2, 0.25) is 0 Å². The maximum absolute atomic E-state index is 5.96. The number of aliphatic imine (C=N–C) groups is 1. The highest BCUT2D eigenvalue weighted by Gasteiger charge is 2.07. The van der Waals surface area contributed by atoms with Crippen molar-refractivity contribution in [2.45, 2.75) is 26.2 Å². The minimum Gasteiger partial charge on any atom is -0.497 e. The van der Waals surface area contributed by atoms with Gasteiger partial charge in [-0.3, -0.25) is 4.99 Å². The third kappa shape index (κ3) is 6.35. The van der Waals surface area contributed by atoms with E-state index in [1.165, 1.54) is 0 Å². The highest BCUT2D eigenvalue weighted by molar-refractivity contribution is 14.0. The second-order valence-corrected chi connectivity index (χ2v) is 6.43. The third-order valence-electron chi connectivity index (χ3n) is 3.38. The lowest BCUT2D eigenvalue weighted by atomic mass is 10.2. The fourth-order valence-electron chi connectivity index (χ4n) is 2.08. The van der Waals surface area contributed by atoms with E-state index >= 15 is 0 Å². The number of thiazole rings is 1. The van der Waals surface area contributed by atoms with Crippen LogP contribution in [0.3, 0.4) is 0 Å². The van der Waals surface area contributed by atoms with Crippen LogP contribution in [-0.2, 0) is 6.42 Å². The van der Waals surface area contributed by atoms with Crippen molar-refractivity contribution in [3.8, 4) is 11.5 Å². The molecule has 0 fully saturated rings. The van der Waals surface area contributed by atoms with Gasteiger partial charge in [0.05, 0.1) is 30.6 Å². The quantitative estimate of drug-likeness (QED) is 0.360. The first kappa shape index (κ1) is 21.5. The zero-order valence-electron chi connectivity index (χ0n) is 14.9. The number of benzene rings is 1. The van der Waals surface area contributed by atoms with Crippen molar-refractivity contribution in [3.63, 3.8) is 0 Å². The van der Waals surface area contributed by atoms with Crippen LogP contribution in [-0.4, -0.2) is 31.7 Å². The summed E-state index contributed by atoms with van der Waals surface area (Å²) in [5.74, 6) is 2.19. The van der Waals surface area contributed by atoms with Crippen molar-refractivity contribution in [2.75, 3.05) is 26.1 Å². The molecule has 25 heavy (non-hydrogen) atoms. The fourth-order valence-corrected chi connectivity index (χ4v) is 2.95. The summed E-state index contributed by atoms with van der Waals surface area (Å²) in [5, 5.41) is 6.29. The summed E-state index contributed by atoms with van der Waals surface area (Å²) in [4.78, 5) is 8.94. The molecule has 0 spiro atoms. The predicted octanol–water partition coefficient (Wildman–Crippen LogP) is 3.87. The maximum Gasteiger partial charge on any atom is 0.193 e. The average molecular weight is 476 g/mol. The lowest BCUT2D eigenvalue weighted by Gasteiger charge is -2.12. The molecule has 0 radical (unpaired) electrons. The predicted molar refractivity (Wildman–Crippen MR) is 115 cm³/mol. The second kappa shape index (κ2) is 10.4. The molecule has 2 rings (SSSR count). The van der Waals surface area contributed by atoms with Gasteiger partial charge >= 0.3 is 0 Å². The highest BCUT2D eigenvalue weighted by atomic mass is 127. The zero-order chi connectivity index (χ0) is 17.5. The van der Waals surface area contributed by atoms with Gasteiger partial charge in [-0.2, -0.15) is 0 Å². The molecule has 0 saturated carbocycles. The number of ether oxygens (including phenoxy) is 2. The number of aromatic nitrogens is 1. The topological polar surface area (TPSA) is 81.8 Å². The molecule has 1 heterocycles. The van der Waals surface area contributed by atoms with Gasteiger partial charge in [-0.05, 0) is 12.1 Å². The Labute approximate surface area is 169 Å². The summed E-state index contributed by atoms with van der Waals surface area (Å²) in [6, 6.07) is 5.46. The molecular weight excluding hydrogens is 451 g/mol. The summed E-state index contributed by atoms with van der Waals surface area (Å²) in [6.45, 7) is 4.86. The van der Waals surface area contributed by atoms with Crippen LogP contribution in [0.25, 0.3) is 0 Å². The Bertz CT molecular complexity index is 704. The van der Waals surface area contributed by atoms with E-state index in [0.717, 1.165) is 22.9 Å². The molecule has 138 valence electrons. The summed E-state index contributed by atoms with van der Waals surface area (Å²) >= 11 is 1.69. The molecule has 0 amide bonds. The number of nitrogens with one attached hydrogen (secondary N) is 1. The van der Waals surface area contributed by atoms with Crippen molar-refractivity contribution in [1.82, 2.24) is 4.98 Å². The van der Waals surface area contributed by atoms with E-state index in [2.05, 4.69) is 34.5 Å². The van der Waals surface area contributed by atoms with Gasteiger partial charge in [-0.15, -0.1) is 35.3 Å². The lowest BCUT2D eigenvalue weighted by molar-refractivity contribution is 0.405. The molecule has 2 aromatic rings. The molecule has 8 heteroatoms. The minimum atomic E-state index is 0. The molecule has 3 N–H and O–H groups in total. The largest absolute Gasteiger partial charge is 0.497 e. The van der Waals surface area contributed by atoms with Crippen LogP contribution < -0.4 is 20.5 Å². The molecule has 0 bridgehead atoms. The highest BCUT2D eigenvalue weighted by Crippen LogP contribution is 2.28. The standard InChI is InChI=1S/C17H24N4O2S.HI/c1-11(2)16-20-12(10-24-16)7-8-19-17(18)21-14-9-13(22-3)5-6-15(14)23-4;/h5-6,9-11H,7-8H2,1-4H3,(H3,18,19,21);1H. The van der Waals surface area contributed by atoms with Crippen LogP contribution in [0.4, 0.5) is 5.69 Å². The summed E-state index contributed by atoms with van der Waals surface area (Å²) in [7, 11) is 3.22. The van der Waals surface area contributed by atoms with Crippen molar-refractivity contribution in [3.05, 3.63) is 34.3 Å². The molecular formula is C17H25IN4O2S. The molecule has 0 aliphatic heterocycles.